The van der Waals surface area contributed by atoms with E-state index in [0.29, 0.717) is 22.6 Å². The number of benzene rings is 5. The fraction of sp³-hybridized carbons (Fsp3) is 0.288. The minimum atomic E-state index is -0.163. The molecule has 59 heavy (non-hydrogen) atoms. The first-order valence-electron chi connectivity index (χ1n) is 20.7. The number of para-hydroxylation sites is 1. The van der Waals surface area contributed by atoms with Crippen LogP contribution in [0.25, 0.3) is 88.2 Å². The van der Waals surface area contributed by atoms with Crippen LogP contribution in [0, 0.1) is 5.41 Å². The van der Waals surface area contributed by atoms with Crippen molar-refractivity contribution in [3.05, 3.63) is 119 Å². The topological polar surface area (TPSA) is 85.2 Å². The average molecular weight is 798 g/mol. The highest BCUT2D eigenvalue weighted by atomic mass is 32.1. The van der Waals surface area contributed by atoms with Gasteiger partial charge in [-0.25, -0.2) is 15.0 Å². The van der Waals surface area contributed by atoms with E-state index in [2.05, 4.69) is 124 Å². The first-order valence-corrected chi connectivity index (χ1v) is 21.5. The molecule has 0 aliphatic heterocycles. The standard InChI is InChI=1S/C52H51N3O3S/c1-28(2)34-15-13-16-35(29(3)4)43(34)38-19-18-36(47-48(38)58-50(55-47)45-40(56)20-21-42-44(45)37-14-11-12-17-41(37)57-42)30-22-31(24-32(23-30)52(8,9)10)46-49-39(53-27-54-46)25-33(59-49)26-51(5,6)7/h11-25,27-29,56H,26H2,1-10H3. The van der Waals surface area contributed by atoms with Crippen LogP contribution in [0.15, 0.2) is 106 Å². The summed E-state index contributed by atoms with van der Waals surface area (Å²) in [5, 5.41) is 13.3. The summed E-state index contributed by atoms with van der Waals surface area (Å²) >= 11 is 1.79. The van der Waals surface area contributed by atoms with Crippen molar-refractivity contribution < 1.29 is 13.9 Å². The monoisotopic (exact) mass is 797 g/mol. The minimum Gasteiger partial charge on any atom is -0.507 e. The van der Waals surface area contributed by atoms with Gasteiger partial charge in [0.15, 0.2) is 5.58 Å². The number of phenols is 1. The van der Waals surface area contributed by atoms with Crippen molar-refractivity contribution in [2.45, 2.75) is 92.9 Å². The van der Waals surface area contributed by atoms with Gasteiger partial charge in [-0.15, -0.1) is 11.3 Å². The molecule has 6 nitrogen and oxygen atoms in total. The molecule has 9 aromatic rings. The van der Waals surface area contributed by atoms with E-state index >= 15 is 0 Å². The fourth-order valence-corrected chi connectivity index (χ4v) is 9.92. The molecule has 0 fully saturated rings. The Kier molecular flexibility index (Phi) is 9.31. The number of hydrogen-bond acceptors (Lipinski definition) is 7. The number of thiophene rings is 1. The molecular weight excluding hydrogens is 747 g/mol. The Morgan fingerprint density at radius 3 is 2.12 bits per heavy atom. The molecule has 0 amide bonds. The molecule has 0 aliphatic carbocycles. The average Bonchev–Trinajstić information content (AvgIpc) is 3.91. The fourth-order valence-electron chi connectivity index (χ4n) is 8.50. The third kappa shape index (κ3) is 6.89. The molecule has 0 aliphatic rings. The maximum Gasteiger partial charge on any atom is 0.231 e. The van der Waals surface area contributed by atoms with Crippen LogP contribution in [0.5, 0.6) is 5.75 Å². The molecule has 0 atom stereocenters. The SMILES string of the molecule is CC(C)c1cccc(C(C)C)c1-c1ccc(-c2cc(-c3ncnc4cc(CC(C)(C)C)sc34)cc(C(C)(C)C)c2)c2nc(-c3c(O)ccc4oc5ccccc5c34)oc12. The van der Waals surface area contributed by atoms with Crippen LogP contribution in [-0.2, 0) is 11.8 Å². The van der Waals surface area contributed by atoms with Crippen LogP contribution in [0.1, 0.15) is 103 Å². The molecule has 0 radical (unpaired) electrons. The Hall–Kier alpha value is -5.79. The number of furan rings is 1. The number of rotatable bonds is 7. The molecule has 0 spiro atoms. The van der Waals surface area contributed by atoms with Gasteiger partial charge in [-0.05, 0) is 99.4 Å². The van der Waals surface area contributed by atoms with Crippen molar-refractivity contribution in [3.63, 3.8) is 0 Å². The van der Waals surface area contributed by atoms with Gasteiger partial charge in [0.2, 0.25) is 5.89 Å². The van der Waals surface area contributed by atoms with E-state index in [-0.39, 0.29) is 28.4 Å². The van der Waals surface area contributed by atoms with E-state index in [1.54, 1.807) is 23.7 Å². The molecule has 5 aromatic carbocycles. The lowest BCUT2D eigenvalue weighted by Crippen LogP contribution is -2.11. The van der Waals surface area contributed by atoms with E-state index in [0.717, 1.165) is 66.5 Å². The number of aromatic hydroxyl groups is 1. The summed E-state index contributed by atoms with van der Waals surface area (Å²) in [6, 6.07) is 31.4. The van der Waals surface area contributed by atoms with Gasteiger partial charge < -0.3 is 13.9 Å². The van der Waals surface area contributed by atoms with Crippen LogP contribution >= 0.6 is 11.3 Å². The Labute approximate surface area is 350 Å². The summed E-state index contributed by atoms with van der Waals surface area (Å²) in [7, 11) is 0. The summed E-state index contributed by atoms with van der Waals surface area (Å²) in [6.07, 6.45) is 2.66. The first-order chi connectivity index (χ1) is 28.1. The number of nitrogens with zero attached hydrogens (tertiary/aromatic N) is 3. The lowest BCUT2D eigenvalue weighted by molar-refractivity contribution is 0.414. The highest BCUT2D eigenvalue weighted by Crippen LogP contribution is 2.48. The van der Waals surface area contributed by atoms with E-state index < -0.39 is 0 Å². The Morgan fingerprint density at radius 2 is 1.41 bits per heavy atom. The molecule has 1 N–H and O–H groups in total. The second-order valence-corrected chi connectivity index (χ2v) is 20.0. The van der Waals surface area contributed by atoms with Crippen molar-refractivity contribution in [1.82, 2.24) is 15.0 Å². The quantitative estimate of drug-likeness (QED) is 0.173. The molecular formula is C52H51N3O3S. The van der Waals surface area contributed by atoms with Gasteiger partial charge in [-0.3, -0.25) is 0 Å². The van der Waals surface area contributed by atoms with Gasteiger partial charge in [0, 0.05) is 32.3 Å². The zero-order valence-electron chi connectivity index (χ0n) is 35.6. The number of fused-ring (bicyclic) bond motifs is 5. The summed E-state index contributed by atoms with van der Waals surface area (Å²) < 4.78 is 14.4. The number of hydrogen-bond donors (Lipinski definition) is 1. The maximum absolute atomic E-state index is 11.7. The predicted octanol–water partition coefficient (Wildman–Crippen LogP) is 15.2. The number of oxazole rings is 1. The Bertz CT molecular complexity index is 3050. The van der Waals surface area contributed by atoms with Crippen molar-refractivity contribution in [2.75, 3.05) is 0 Å². The number of aromatic nitrogens is 3. The van der Waals surface area contributed by atoms with Gasteiger partial charge >= 0.3 is 0 Å². The van der Waals surface area contributed by atoms with Crippen molar-refractivity contribution >= 4 is 54.6 Å². The highest BCUT2D eigenvalue weighted by molar-refractivity contribution is 7.19. The first kappa shape index (κ1) is 38.7. The third-order valence-electron chi connectivity index (χ3n) is 11.4. The second-order valence-electron chi connectivity index (χ2n) is 18.8. The van der Waals surface area contributed by atoms with E-state index in [1.165, 1.54) is 27.1 Å². The Morgan fingerprint density at radius 1 is 0.695 bits per heavy atom. The largest absolute Gasteiger partial charge is 0.507 e. The maximum atomic E-state index is 11.7. The molecule has 4 heterocycles. The van der Waals surface area contributed by atoms with Gasteiger partial charge in [0.05, 0.1) is 21.5 Å². The summed E-state index contributed by atoms with van der Waals surface area (Å²) in [5.41, 5.74) is 14.0. The second kappa shape index (κ2) is 14.2. The normalized spacial score (nSPS) is 12.7. The van der Waals surface area contributed by atoms with Crippen molar-refractivity contribution in [1.29, 1.82) is 0 Å². The third-order valence-corrected chi connectivity index (χ3v) is 12.5. The highest BCUT2D eigenvalue weighted by Gasteiger charge is 2.27. The lowest BCUT2D eigenvalue weighted by Gasteiger charge is -2.22. The van der Waals surface area contributed by atoms with Gasteiger partial charge in [-0.2, -0.15) is 0 Å². The Balaban J connectivity index is 1.35. The zero-order valence-corrected chi connectivity index (χ0v) is 36.4. The smallest absolute Gasteiger partial charge is 0.231 e. The van der Waals surface area contributed by atoms with Crippen LogP contribution in [-0.4, -0.2) is 20.1 Å². The summed E-state index contributed by atoms with van der Waals surface area (Å²) in [5.74, 6) is 0.961. The van der Waals surface area contributed by atoms with E-state index in [1.807, 2.05) is 30.3 Å². The summed E-state index contributed by atoms with van der Waals surface area (Å²) in [4.78, 5) is 16.3. The molecule has 4 aromatic heterocycles. The molecule has 9 rings (SSSR count). The van der Waals surface area contributed by atoms with Gasteiger partial charge in [0.1, 0.15) is 28.8 Å². The van der Waals surface area contributed by atoms with Gasteiger partial charge in [0.25, 0.3) is 0 Å². The predicted molar refractivity (Wildman–Crippen MR) is 246 cm³/mol. The van der Waals surface area contributed by atoms with Crippen LogP contribution < -0.4 is 0 Å². The molecule has 298 valence electrons. The van der Waals surface area contributed by atoms with Crippen LogP contribution in [0.4, 0.5) is 0 Å². The van der Waals surface area contributed by atoms with Crippen LogP contribution in [0.3, 0.4) is 0 Å². The van der Waals surface area contributed by atoms with Gasteiger partial charge in [-0.1, -0.05) is 118 Å². The van der Waals surface area contributed by atoms with E-state index in [4.69, 9.17) is 23.8 Å². The lowest BCUT2D eigenvalue weighted by atomic mass is 9.82. The summed E-state index contributed by atoms with van der Waals surface area (Å²) in [6.45, 7) is 22.5. The number of phenolic OH excluding ortho intramolecular Hbond substituents is 1. The molecule has 7 heteroatoms. The van der Waals surface area contributed by atoms with Crippen LogP contribution in [0.2, 0.25) is 0 Å². The molecule has 0 bridgehead atoms. The molecule has 0 saturated carbocycles. The zero-order chi connectivity index (χ0) is 41.5. The van der Waals surface area contributed by atoms with E-state index in [9.17, 15) is 5.11 Å². The molecule has 0 unspecified atom stereocenters. The van der Waals surface area contributed by atoms with Crippen molar-refractivity contribution in [2.24, 2.45) is 5.41 Å². The van der Waals surface area contributed by atoms with Crippen molar-refractivity contribution in [3.8, 4) is 50.7 Å². The molecule has 0 saturated heterocycles. The minimum absolute atomic E-state index is 0.0794.